The molecule has 11 heteroatoms. The summed E-state index contributed by atoms with van der Waals surface area (Å²) in [6, 6.07) is 9.66. The largest absolute Gasteiger partial charge is 0.494 e. The van der Waals surface area contributed by atoms with E-state index in [4.69, 9.17) is 27.9 Å². The van der Waals surface area contributed by atoms with Crippen LogP contribution in [0.25, 0.3) is 11.3 Å². The Balaban J connectivity index is 1.74. The summed E-state index contributed by atoms with van der Waals surface area (Å²) in [5.74, 6) is -0.111. The molecular formula is C18H15Cl2N3O4S2. The molecule has 0 fully saturated rings. The van der Waals surface area contributed by atoms with Gasteiger partial charge in [-0.1, -0.05) is 35.3 Å². The summed E-state index contributed by atoms with van der Waals surface area (Å²) in [5, 5.41) is 5.34. The van der Waals surface area contributed by atoms with E-state index >= 15 is 0 Å². The van der Waals surface area contributed by atoms with Crippen LogP contribution in [0.15, 0.2) is 41.8 Å². The molecule has 1 amide bonds. The van der Waals surface area contributed by atoms with E-state index in [2.05, 4.69) is 15.0 Å². The molecule has 0 aliphatic rings. The number of amides is 1. The number of methoxy groups -OCH3 is 1. The standard InChI is InChI=1S/C18H15Cl2N3O4S2/c1-27-16-13(19)7-11(8-14(16)20)17(24)22-18-21-15(9-28-18)10-3-5-12(6-4-10)23-29(2,25)26/h3-9,23H,1-2H3,(H,21,22,24). The zero-order chi connectivity index (χ0) is 21.2. The van der Waals surface area contributed by atoms with E-state index < -0.39 is 15.9 Å². The molecule has 2 aromatic carbocycles. The van der Waals surface area contributed by atoms with E-state index in [1.54, 1.807) is 29.6 Å². The molecule has 0 bridgehead atoms. The first-order chi connectivity index (χ1) is 13.7. The molecule has 0 unspecified atom stereocenters. The average Bonchev–Trinajstić information content (AvgIpc) is 3.09. The Bertz CT molecular complexity index is 1140. The quantitative estimate of drug-likeness (QED) is 0.540. The third-order valence-electron chi connectivity index (χ3n) is 3.67. The molecule has 0 spiro atoms. The van der Waals surface area contributed by atoms with E-state index in [-0.39, 0.29) is 15.6 Å². The van der Waals surface area contributed by atoms with Crippen molar-refractivity contribution >= 4 is 61.3 Å². The van der Waals surface area contributed by atoms with Crippen LogP contribution < -0.4 is 14.8 Å². The number of anilines is 2. The number of sulfonamides is 1. The fraction of sp³-hybridized carbons (Fsp3) is 0.111. The maximum absolute atomic E-state index is 12.5. The van der Waals surface area contributed by atoms with Gasteiger partial charge in [-0.25, -0.2) is 13.4 Å². The lowest BCUT2D eigenvalue weighted by molar-refractivity contribution is 0.102. The molecule has 1 aromatic heterocycles. The van der Waals surface area contributed by atoms with Gasteiger partial charge >= 0.3 is 0 Å². The number of rotatable bonds is 6. The van der Waals surface area contributed by atoms with Crippen LogP contribution in [0.4, 0.5) is 10.8 Å². The highest BCUT2D eigenvalue weighted by Gasteiger charge is 2.15. The summed E-state index contributed by atoms with van der Waals surface area (Å²) >= 11 is 13.4. The predicted octanol–water partition coefficient (Wildman–Crippen LogP) is 4.75. The Hall–Kier alpha value is -2.33. The zero-order valence-electron chi connectivity index (χ0n) is 15.2. The number of hydrogen-bond donors (Lipinski definition) is 2. The van der Waals surface area contributed by atoms with Crippen molar-refractivity contribution in [1.29, 1.82) is 0 Å². The van der Waals surface area contributed by atoms with Crippen molar-refractivity contribution in [1.82, 2.24) is 4.98 Å². The van der Waals surface area contributed by atoms with Crippen LogP contribution in [0.2, 0.25) is 10.0 Å². The number of nitrogens with one attached hydrogen (secondary N) is 2. The zero-order valence-corrected chi connectivity index (χ0v) is 18.3. The second-order valence-electron chi connectivity index (χ2n) is 5.92. The Kier molecular flexibility index (Phi) is 6.33. The molecule has 0 aliphatic carbocycles. The first-order valence-corrected chi connectivity index (χ1v) is 11.6. The van der Waals surface area contributed by atoms with Crippen LogP contribution in [0.3, 0.4) is 0 Å². The van der Waals surface area contributed by atoms with Gasteiger partial charge in [-0.05, 0) is 24.3 Å². The fourth-order valence-corrected chi connectivity index (χ4v) is 4.36. The molecule has 29 heavy (non-hydrogen) atoms. The summed E-state index contributed by atoms with van der Waals surface area (Å²) in [6.45, 7) is 0. The van der Waals surface area contributed by atoms with Crippen LogP contribution in [0, 0.1) is 0 Å². The Morgan fingerprint density at radius 1 is 1.14 bits per heavy atom. The number of ether oxygens (including phenoxy) is 1. The van der Waals surface area contributed by atoms with Crippen molar-refractivity contribution in [3.05, 3.63) is 57.4 Å². The maximum Gasteiger partial charge on any atom is 0.257 e. The van der Waals surface area contributed by atoms with E-state index in [0.29, 0.717) is 22.3 Å². The van der Waals surface area contributed by atoms with Crippen LogP contribution in [0.5, 0.6) is 5.75 Å². The van der Waals surface area contributed by atoms with Gasteiger partial charge in [-0.15, -0.1) is 11.3 Å². The van der Waals surface area contributed by atoms with E-state index in [1.165, 1.54) is 30.6 Å². The number of thiazole rings is 1. The monoisotopic (exact) mass is 471 g/mol. The predicted molar refractivity (Wildman–Crippen MR) is 117 cm³/mol. The molecule has 2 N–H and O–H groups in total. The molecular weight excluding hydrogens is 457 g/mol. The third kappa shape index (κ3) is 5.39. The van der Waals surface area contributed by atoms with Crippen molar-refractivity contribution in [2.24, 2.45) is 0 Å². The molecule has 3 aromatic rings. The number of carbonyl (C=O) groups excluding carboxylic acids is 1. The highest BCUT2D eigenvalue weighted by Crippen LogP contribution is 2.34. The first-order valence-electron chi connectivity index (χ1n) is 8.04. The topological polar surface area (TPSA) is 97.4 Å². The van der Waals surface area contributed by atoms with Crippen LogP contribution >= 0.6 is 34.5 Å². The number of benzene rings is 2. The van der Waals surface area contributed by atoms with Gasteiger partial charge in [-0.3, -0.25) is 14.8 Å². The van der Waals surface area contributed by atoms with E-state index in [0.717, 1.165) is 11.8 Å². The lowest BCUT2D eigenvalue weighted by Crippen LogP contribution is -2.12. The lowest BCUT2D eigenvalue weighted by atomic mass is 10.1. The second-order valence-corrected chi connectivity index (χ2v) is 9.34. The molecule has 0 atom stereocenters. The molecule has 3 rings (SSSR count). The highest BCUT2D eigenvalue weighted by molar-refractivity contribution is 7.92. The number of aromatic nitrogens is 1. The van der Waals surface area contributed by atoms with Crippen molar-refractivity contribution in [3.63, 3.8) is 0 Å². The summed E-state index contributed by atoms with van der Waals surface area (Å²) in [4.78, 5) is 16.9. The molecule has 152 valence electrons. The fourth-order valence-electron chi connectivity index (χ4n) is 2.44. The molecule has 0 aliphatic heterocycles. The minimum atomic E-state index is -3.34. The molecule has 0 radical (unpaired) electrons. The summed E-state index contributed by atoms with van der Waals surface area (Å²) < 4.78 is 30.0. The molecule has 0 saturated heterocycles. The molecule has 7 nitrogen and oxygen atoms in total. The highest BCUT2D eigenvalue weighted by atomic mass is 35.5. The smallest absolute Gasteiger partial charge is 0.257 e. The molecule has 0 saturated carbocycles. The van der Waals surface area contributed by atoms with Gasteiger partial charge in [0.1, 0.15) is 0 Å². The average molecular weight is 472 g/mol. The summed E-state index contributed by atoms with van der Waals surface area (Å²) in [6.07, 6.45) is 1.08. The van der Waals surface area contributed by atoms with E-state index in [9.17, 15) is 13.2 Å². The Morgan fingerprint density at radius 2 is 1.76 bits per heavy atom. The Labute approximate surface area is 181 Å². The minimum absolute atomic E-state index is 0.229. The van der Waals surface area contributed by atoms with Gasteiger partial charge in [-0.2, -0.15) is 0 Å². The van der Waals surface area contributed by atoms with Crippen molar-refractivity contribution in [3.8, 4) is 17.0 Å². The van der Waals surface area contributed by atoms with Gasteiger partial charge in [0.25, 0.3) is 5.91 Å². The van der Waals surface area contributed by atoms with Gasteiger partial charge in [0, 0.05) is 22.2 Å². The van der Waals surface area contributed by atoms with Crippen LogP contribution in [0.1, 0.15) is 10.4 Å². The van der Waals surface area contributed by atoms with Crippen molar-refractivity contribution < 1.29 is 17.9 Å². The second kappa shape index (κ2) is 8.58. The number of hydrogen-bond acceptors (Lipinski definition) is 6. The first kappa shape index (κ1) is 21.4. The summed E-state index contributed by atoms with van der Waals surface area (Å²) in [5.41, 5.74) is 2.14. The number of carbonyl (C=O) groups is 1. The Morgan fingerprint density at radius 3 is 2.31 bits per heavy atom. The van der Waals surface area contributed by atoms with E-state index in [1.807, 2.05) is 0 Å². The SMILES string of the molecule is COc1c(Cl)cc(C(=O)Nc2nc(-c3ccc(NS(C)(=O)=O)cc3)cs2)cc1Cl. The van der Waals surface area contributed by atoms with Gasteiger partial charge in [0.15, 0.2) is 10.9 Å². The number of halogens is 2. The van der Waals surface area contributed by atoms with Crippen molar-refractivity contribution in [2.45, 2.75) is 0 Å². The van der Waals surface area contributed by atoms with Gasteiger partial charge < -0.3 is 4.74 Å². The van der Waals surface area contributed by atoms with Gasteiger partial charge in [0.05, 0.1) is 29.1 Å². The van der Waals surface area contributed by atoms with Crippen LogP contribution in [-0.2, 0) is 10.0 Å². The normalized spacial score (nSPS) is 11.2. The third-order valence-corrected chi connectivity index (χ3v) is 5.60. The van der Waals surface area contributed by atoms with Gasteiger partial charge in [0.2, 0.25) is 10.0 Å². The minimum Gasteiger partial charge on any atom is -0.494 e. The maximum atomic E-state index is 12.5. The summed E-state index contributed by atoms with van der Waals surface area (Å²) in [7, 11) is -1.90. The van der Waals surface area contributed by atoms with Crippen LogP contribution in [-0.4, -0.2) is 32.7 Å². The van der Waals surface area contributed by atoms with Crippen molar-refractivity contribution in [2.75, 3.05) is 23.4 Å². The molecule has 1 heterocycles. The lowest BCUT2D eigenvalue weighted by Gasteiger charge is -2.08. The number of nitrogens with zero attached hydrogens (tertiary/aromatic N) is 1.